The standard InChI is InChI=1S/C33H36N2O2/c1-22(2)29-16-11-23(3)19-32(29)37-18-8-17-35-31-10-7-6-9-30(31)34-33(35)24(4)25-12-13-27-21-28(36-5)15-14-26(27)20-25/h6-7,9-16,19-22,24H,8,17-18H2,1-5H3. The van der Waals surface area contributed by atoms with Crippen LogP contribution in [0.25, 0.3) is 21.8 Å². The number of hydrogen-bond acceptors (Lipinski definition) is 3. The van der Waals surface area contributed by atoms with E-state index in [2.05, 4.69) is 105 Å². The molecule has 190 valence electrons. The van der Waals surface area contributed by atoms with Crippen molar-refractivity contribution in [2.24, 2.45) is 0 Å². The van der Waals surface area contributed by atoms with E-state index in [9.17, 15) is 0 Å². The lowest BCUT2D eigenvalue weighted by Crippen LogP contribution is -2.11. The predicted molar refractivity (Wildman–Crippen MR) is 153 cm³/mol. The van der Waals surface area contributed by atoms with Gasteiger partial charge in [0.25, 0.3) is 0 Å². The molecule has 0 fully saturated rings. The molecule has 1 atom stereocenters. The lowest BCUT2D eigenvalue weighted by Gasteiger charge is -2.17. The second kappa shape index (κ2) is 10.7. The smallest absolute Gasteiger partial charge is 0.123 e. The molecule has 37 heavy (non-hydrogen) atoms. The normalized spacial score (nSPS) is 12.4. The van der Waals surface area contributed by atoms with E-state index in [-0.39, 0.29) is 5.92 Å². The average molecular weight is 493 g/mol. The van der Waals surface area contributed by atoms with Gasteiger partial charge in [-0.05, 0) is 77.1 Å². The number of nitrogens with zero attached hydrogens (tertiary/aromatic N) is 2. The molecule has 1 heterocycles. The first-order chi connectivity index (χ1) is 17.9. The van der Waals surface area contributed by atoms with Gasteiger partial charge in [-0.2, -0.15) is 0 Å². The maximum absolute atomic E-state index is 6.30. The van der Waals surface area contributed by atoms with E-state index in [1.54, 1.807) is 7.11 Å². The van der Waals surface area contributed by atoms with Gasteiger partial charge < -0.3 is 14.0 Å². The largest absolute Gasteiger partial charge is 0.497 e. The summed E-state index contributed by atoms with van der Waals surface area (Å²) in [5, 5.41) is 2.39. The van der Waals surface area contributed by atoms with E-state index in [0.717, 1.165) is 35.8 Å². The Kier molecular flexibility index (Phi) is 7.18. The molecule has 0 aliphatic heterocycles. The highest BCUT2D eigenvalue weighted by atomic mass is 16.5. The zero-order valence-corrected chi connectivity index (χ0v) is 22.5. The summed E-state index contributed by atoms with van der Waals surface area (Å²) >= 11 is 0. The summed E-state index contributed by atoms with van der Waals surface area (Å²) in [6, 6.07) is 27.8. The van der Waals surface area contributed by atoms with Gasteiger partial charge in [-0.1, -0.05) is 69.3 Å². The predicted octanol–water partition coefficient (Wildman–Crippen LogP) is 8.25. The molecule has 0 spiro atoms. The van der Waals surface area contributed by atoms with Crippen LogP contribution in [0.2, 0.25) is 0 Å². The number of imidazole rings is 1. The molecular formula is C33H36N2O2. The van der Waals surface area contributed by atoms with Crippen LogP contribution in [0.3, 0.4) is 0 Å². The van der Waals surface area contributed by atoms with Crippen molar-refractivity contribution in [3.8, 4) is 11.5 Å². The van der Waals surface area contributed by atoms with Crippen molar-refractivity contribution in [2.45, 2.75) is 52.5 Å². The van der Waals surface area contributed by atoms with Crippen LogP contribution >= 0.6 is 0 Å². The van der Waals surface area contributed by atoms with Gasteiger partial charge in [0.05, 0.1) is 24.8 Å². The molecule has 1 aromatic heterocycles. The third-order valence-electron chi connectivity index (χ3n) is 7.22. The SMILES string of the molecule is COc1ccc2cc(C(C)c3nc4ccccc4n3CCCOc3cc(C)ccc3C(C)C)ccc2c1. The monoisotopic (exact) mass is 492 g/mol. The van der Waals surface area contributed by atoms with E-state index >= 15 is 0 Å². The second-order valence-corrected chi connectivity index (χ2v) is 10.2. The first kappa shape index (κ1) is 24.9. The van der Waals surface area contributed by atoms with E-state index in [0.29, 0.717) is 12.5 Å². The molecule has 0 bridgehead atoms. The molecule has 5 rings (SSSR count). The number of para-hydroxylation sites is 2. The number of hydrogen-bond donors (Lipinski definition) is 0. The molecule has 5 aromatic rings. The minimum atomic E-state index is 0.157. The highest BCUT2D eigenvalue weighted by Gasteiger charge is 2.19. The van der Waals surface area contributed by atoms with Crippen LogP contribution < -0.4 is 9.47 Å². The fourth-order valence-corrected chi connectivity index (χ4v) is 5.10. The quantitative estimate of drug-likeness (QED) is 0.194. The number of aryl methyl sites for hydroxylation is 2. The van der Waals surface area contributed by atoms with Gasteiger partial charge in [0.15, 0.2) is 0 Å². The van der Waals surface area contributed by atoms with Gasteiger partial charge in [-0.3, -0.25) is 0 Å². The van der Waals surface area contributed by atoms with Crippen molar-refractivity contribution in [3.63, 3.8) is 0 Å². The third-order valence-corrected chi connectivity index (χ3v) is 7.22. The topological polar surface area (TPSA) is 36.3 Å². The number of aromatic nitrogens is 2. The van der Waals surface area contributed by atoms with E-state index in [1.807, 2.05) is 6.07 Å². The van der Waals surface area contributed by atoms with Crippen molar-refractivity contribution in [1.82, 2.24) is 9.55 Å². The van der Waals surface area contributed by atoms with Crippen LogP contribution in [-0.2, 0) is 6.54 Å². The fourth-order valence-electron chi connectivity index (χ4n) is 5.10. The van der Waals surface area contributed by atoms with Crippen LogP contribution in [0.1, 0.15) is 61.5 Å². The number of ether oxygens (including phenoxy) is 2. The molecule has 1 unspecified atom stereocenters. The Morgan fingerprint density at radius 2 is 1.65 bits per heavy atom. The third kappa shape index (κ3) is 5.20. The van der Waals surface area contributed by atoms with Crippen LogP contribution in [0.15, 0.2) is 78.9 Å². The lowest BCUT2D eigenvalue weighted by molar-refractivity contribution is 0.297. The molecule has 0 aliphatic rings. The summed E-state index contributed by atoms with van der Waals surface area (Å²) in [5.74, 6) is 3.57. The molecule has 0 aliphatic carbocycles. The Bertz CT molecular complexity index is 1530. The summed E-state index contributed by atoms with van der Waals surface area (Å²) in [7, 11) is 1.71. The van der Waals surface area contributed by atoms with E-state index in [4.69, 9.17) is 14.5 Å². The summed E-state index contributed by atoms with van der Waals surface area (Å²) in [5.41, 5.74) is 5.96. The number of methoxy groups -OCH3 is 1. The van der Waals surface area contributed by atoms with Crippen molar-refractivity contribution in [3.05, 3.63) is 101 Å². The van der Waals surface area contributed by atoms with Crippen LogP contribution in [0, 0.1) is 6.92 Å². The molecule has 4 aromatic carbocycles. The molecule has 0 saturated carbocycles. The summed E-state index contributed by atoms with van der Waals surface area (Å²) < 4.78 is 14.1. The zero-order valence-electron chi connectivity index (χ0n) is 22.5. The highest BCUT2D eigenvalue weighted by molar-refractivity contribution is 5.85. The Labute approximate surface area is 219 Å². The number of fused-ring (bicyclic) bond motifs is 2. The van der Waals surface area contributed by atoms with Crippen molar-refractivity contribution in [2.75, 3.05) is 13.7 Å². The molecule has 4 heteroatoms. The highest BCUT2D eigenvalue weighted by Crippen LogP contribution is 2.31. The minimum absolute atomic E-state index is 0.157. The van der Waals surface area contributed by atoms with E-state index < -0.39 is 0 Å². The first-order valence-electron chi connectivity index (χ1n) is 13.2. The Hall–Kier alpha value is -3.79. The van der Waals surface area contributed by atoms with Crippen LogP contribution in [-0.4, -0.2) is 23.3 Å². The van der Waals surface area contributed by atoms with Gasteiger partial charge in [0.2, 0.25) is 0 Å². The lowest BCUT2D eigenvalue weighted by atomic mass is 9.97. The van der Waals surface area contributed by atoms with Gasteiger partial charge >= 0.3 is 0 Å². The number of benzene rings is 4. The first-order valence-corrected chi connectivity index (χ1v) is 13.2. The summed E-state index contributed by atoms with van der Waals surface area (Å²) in [4.78, 5) is 5.08. The van der Waals surface area contributed by atoms with Crippen molar-refractivity contribution in [1.29, 1.82) is 0 Å². The maximum Gasteiger partial charge on any atom is 0.123 e. The van der Waals surface area contributed by atoms with Crippen LogP contribution in [0.4, 0.5) is 0 Å². The molecule has 0 saturated heterocycles. The molecule has 0 amide bonds. The van der Waals surface area contributed by atoms with Crippen molar-refractivity contribution >= 4 is 21.8 Å². The maximum atomic E-state index is 6.30. The Morgan fingerprint density at radius 3 is 2.46 bits per heavy atom. The van der Waals surface area contributed by atoms with E-state index in [1.165, 1.54) is 33.0 Å². The van der Waals surface area contributed by atoms with Gasteiger partial charge in [-0.25, -0.2) is 4.98 Å². The van der Waals surface area contributed by atoms with Gasteiger partial charge in [0, 0.05) is 12.5 Å². The summed E-state index contributed by atoms with van der Waals surface area (Å²) in [6.07, 6.45) is 0.906. The van der Waals surface area contributed by atoms with Crippen molar-refractivity contribution < 1.29 is 9.47 Å². The van der Waals surface area contributed by atoms with Gasteiger partial charge in [0.1, 0.15) is 17.3 Å². The molecule has 0 N–H and O–H groups in total. The van der Waals surface area contributed by atoms with Crippen LogP contribution in [0.5, 0.6) is 11.5 Å². The Balaban J connectivity index is 1.39. The second-order valence-electron chi connectivity index (χ2n) is 10.2. The average Bonchev–Trinajstić information content (AvgIpc) is 3.28. The molecule has 4 nitrogen and oxygen atoms in total. The Morgan fingerprint density at radius 1 is 0.865 bits per heavy atom. The molecular weight excluding hydrogens is 456 g/mol. The molecule has 0 radical (unpaired) electrons. The number of rotatable bonds is 9. The zero-order chi connectivity index (χ0) is 25.9. The van der Waals surface area contributed by atoms with Gasteiger partial charge in [-0.15, -0.1) is 0 Å². The minimum Gasteiger partial charge on any atom is -0.497 e. The summed E-state index contributed by atoms with van der Waals surface area (Å²) in [6.45, 7) is 10.3. The fraction of sp³-hybridized carbons (Fsp3) is 0.303.